The van der Waals surface area contributed by atoms with E-state index in [2.05, 4.69) is 20.8 Å². The predicted molar refractivity (Wildman–Crippen MR) is 52.6 cm³/mol. The molecule has 0 spiro atoms. The average Bonchev–Trinajstić information content (AvgIpc) is 2.02. The quantitative estimate of drug-likeness (QED) is 0.479. The van der Waals surface area contributed by atoms with E-state index in [9.17, 15) is 14.9 Å². The van der Waals surface area contributed by atoms with Gasteiger partial charge in [0.25, 0.3) is 6.04 Å². The van der Waals surface area contributed by atoms with Crippen molar-refractivity contribution in [1.29, 1.82) is 0 Å². The second-order valence-corrected chi connectivity index (χ2v) is 5.10. The van der Waals surface area contributed by atoms with Gasteiger partial charge in [0.15, 0.2) is 0 Å². The van der Waals surface area contributed by atoms with Gasteiger partial charge >= 0.3 is 0 Å². The number of rotatable bonds is 1. The Balaban J connectivity index is 2.72. The molecule has 2 atom stereocenters. The largest absolute Gasteiger partial charge is 0.292 e. The number of ketones is 1. The number of carbonyl (C=O) groups is 1. The topological polar surface area (TPSA) is 60.2 Å². The van der Waals surface area contributed by atoms with E-state index in [1.807, 2.05) is 0 Å². The molecule has 1 aliphatic carbocycles. The molecule has 0 heterocycles. The highest BCUT2D eigenvalue weighted by Crippen LogP contribution is 2.37. The molecule has 1 rings (SSSR count). The van der Waals surface area contributed by atoms with E-state index in [4.69, 9.17) is 0 Å². The highest BCUT2D eigenvalue weighted by atomic mass is 16.6. The lowest BCUT2D eigenvalue weighted by Crippen LogP contribution is -2.39. The van der Waals surface area contributed by atoms with E-state index >= 15 is 0 Å². The lowest BCUT2D eigenvalue weighted by molar-refractivity contribution is -0.511. The van der Waals surface area contributed by atoms with Crippen LogP contribution in [0.3, 0.4) is 0 Å². The summed E-state index contributed by atoms with van der Waals surface area (Å²) in [7, 11) is 0. The zero-order valence-corrected chi connectivity index (χ0v) is 8.95. The highest BCUT2D eigenvalue weighted by Gasteiger charge is 2.40. The number of hydrogen-bond acceptors (Lipinski definition) is 3. The fourth-order valence-electron chi connectivity index (χ4n) is 1.99. The molecule has 14 heavy (non-hydrogen) atoms. The minimum atomic E-state index is -0.951. The molecule has 1 fully saturated rings. The number of carbonyl (C=O) groups excluding carboxylic acids is 1. The van der Waals surface area contributed by atoms with Crippen molar-refractivity contribution >= 4 is 5.78 Å². The van der Waals surface area contributed by atoms with Crippen molar-refractivity contribution in [3.05, 3.63) is 10.1 Å². The van der Waals surface area contributed by atoms with Gasteiger partial charge in [-0.25, -0.2) is 0 Å². The second-order valence-electron chi connectivity index (χ2n) is 5.10. The summed E-state index contributed by atoms with van der Waals surface area (Å²) in [6.07, 6.45) is 1.58. The molecule has 0 radical (unpaired) electrons. The third-order valence-electron chi connectivity index (χ3n) is 3.10. The maximum atomic E-state index is 11.3. The normalized spacial score (nSPS) is 28.9. The smallest absolute Gasteiger partial charge is 0.270 e. The molecular weight excluding hydrogens is 182 g/mol. The van der Waals surface area contributed by atoms with Gasteiger partial charge in [-0.05, 0) is 17.8 Å². The molecule has 1 saturated carbocycles. The minimum absolute atomic E-state index is 0.0644. The molecular formula is C10H17NO3. The van der Waals surface area contributed by atoms with Crippen LogP contribution in [0.1, 0.15) is 40.0 Å². The van der Waals surface area contributed by atoms with Gasteiger partial charge in [0.1, 0.15) is 0 Å². The average molecular weight is 199 g/mol. The molecule has 1 aliphatic rings. The Bertz CT molecular complexity index is 255. The molecule has 0 aromatic rings. The van der Waals surface area contributed by atoms with Crippen molar-refractivity contribution in [3.8, 4) is 0 Å². The lowest BCUT2D eigenvalue weighted by Gasteiger charge is -2.33. The number of hydrogen-bond donors (Lipinski definition) is 0. The van der Waals surface area contributed by atoms with E-state index in [1.54, 1.807) is 0 Å². The fraction of sp³-hybridized carbons (Fsp3) is 0.900. The zero-order valence-electron chi connectivity index (χ0n) is 8.95. The van der Waals surface area contributed by atoms with E-state index in [0.717, 1.165) is 6.42 Å². The van der Waals surface area contributed by atoms with Gasteiger partial charge in [0.2, 0.25) is 5.78 Å². The Hall–Kier alpha value is -0.930. The Kier molecular flexibility index (Phi) is 2.92. The summed E-state index contributed by atoms with van der Waals surface area (Å²) in [5.41, 5.74) is 0.0644. The Morgan fingerprint density at radius 3 is 2.43 bits per heavy atom. The molecule has 0 aromatic heterocycles. The fourth-order valence-corrected chi connectivity index (χ4v) is 1.99. The van der Waals surface area contributed by atoms with Gasteiger partial charge in [0.05, 0.1) is 0 Å². The predicted octanol–water partition coefficient (Wildman–Crippen LogP) is 2.05. The monoisotopic (exact) mass is 199 g/mol. The third-order valence-corrected chi connectivity index (χ3v) is 3.10. The first-order valence-electron chi connectivity index (χ1n) is 4.98. The standard InChI is InChI=1S/C10H17NO3/c1-10(2,3)7-4-5-9(12)8(6-7)11(13)14/h7-8H,4-6H2,1-3H3/t7-,8-/m0/s1. The summed E-state index contributed by atoms with van der Waals surface area (Å²) < 4.78 is 0. The number of nitrogens with zero attached hydrogens (tertiary/aromatic N) is 1. The van der Waals surface area contributed by atoms with Crippen LogP contribution in [0.4, 0.5) is 0 Å². The van der Waals surface area contributed by atoms with E-state index in [0.29, 0.717) is 12.8 Å². The Labute approximate surface area is 83.8 Å². The molecule has 0 amide bonds. The maximum absolute atomic E-state index is 11.3. The summed E-state index contributed by atoms with van der Waals surface area (Å²) in [5, 5.41) is 10.6. The molecule has 0 bridgehead atoms. The lowest BCUT2D eigenvalue weighted by atomic mass is 9.71. The summed E-state index contributed by atoms with van der Waals surface area (Å²) in [5.74, 6) is 0.0890. The first-order valence-corrected chi connectivity index (χ1v) is 4.98. The van der Waals surface area contributed by atoms with Crippen LogP contribution in [-0.2, 0) is 4.79 Å². The van der Waals surface area contributed by atoms with E-state index in [1.165, 1.54) is 0 Å². The maximum Gasteiger partial charge on any atom is 0.270 e. The number of nitro groups is 1. The van der Waals surface area contributed by atoms with Crippen molar-refractivity contribution in [1.82, 2.24) is 0 Å². The van der Waals surface area contributed by atoms with Gasteiger partial charge in [-0.3, -0.25) is 14.9 Å². The van der Waals surface area contributed by atoms with Gasteiger partial charge in [-0.15, -0.1) is 0 Å². The molecule has 4 nitrogen and oxygen atoms in total. The summed E-state index contributed by atoms with van der Waals surface area (Å²) in [4.78, 5) is 21.5. The first-order chi connectivity index (χ1) is 6.32. The SMILES string of the molecule is CC(C)(C)[C@H]1CCC(=O)[C@@H]([N+](=O)[O-])C1. The van der Waals surface area contributed by atoms with Crippen LogP contribution in [0.2, 0.25) is 0 Å². The molecule has 0 saturated heterocycles. The summed E-state index contributed by atoms with van der Waals surface area (Å²) in [6.45, 7) is 6.22. The highest BCUT2D eigenvalue weighted by molar-refractivity contribution is 5.83. The van der Waals surface area contributed by atoms with Crippen LogP contribution < -0.4 is 0 Å². The van der Waals surface area contributed by atoms with Crippen LogP contribution in [0, 0.1) is 21.4 Å². The second kappa shape index (κ2) is 3.67. The van der Waals surface area contributed by atoms with Crippen molar-refractivity contribution in [2.45, 2.75) is 46.1 Å². The molecule has 80 valence electrons. The van der Waals surface area contributed by atoms with Crippen LogP contribution in [0.15, 0.2) is 0 Å². The van der Waals surface area contributed by atoms with Gasteiger partial charge in [-0.1, -0.05) is 20.8 Å². The molecule has 4 heteroatoms. The van der Waals surface area contributed by atoms with Crippen molar-refractivity contribution in [3.63, 3.8) is 0 Å². The third kappa shape index (κ3) is 2.30. The Morgan fingerprint density at radius 2 is 2.00 bits per heavy atom. The Morgan fingerprint density at radius 1 is 1.43 bits per heavy atom. The van der Waals surface area contributed by atoms with Crippen molar-refractivity contribution < 1.29 is 9.72 Å². The number of Topliss-reactive ketones (excluding diaryl/α,β-unsaturated/α-hetero) is 1. The van der Waals surface area contributed by atoms with Crippen molar-refractivity contribution in [2.75, 3.05) is 0 Å². The van der Waals surface area contributed by atoms with Gasteiger partial charge in [0, 0.05) is 17.8 Å². The van der Waals surface area contributed by atoms with Crippen molar-refractivity contribution in [2.24, 2.45) is 11.3 Å². The van der Waals surface area contributed by atoms with E-state index < -0.39 is 11.0 Å². The first kappa shape index (κ1) is 11.1. The zero-order chi connectivity index (χ0) is 10.9. The van der Waals surface area contributed by atoms with Crippen LogP contribution in [0.5, 0.6) is 0 Å². The molecule has 0 aliphatic heterocycles. The van der Waals surface area contributed by atoms with Gasteiger partial charge in [-0.2, -0.15) is 0 Å². The minimum Gasteiger partial charge on any atom is -0.292 e. The summed E-state index contributed by atoms with van der Waals surface area (Å²) >= 11 is 0. The van der Waals surface area contributed by atoms with E-state index in [-0.39, 0.29) is 17.1 Å². The van der Waals surface area contributed by atoms with Crippen LogP contribution >= 0.6 is 0 Å². The molecule has 0 unspecified atom stereocenters. The molecule has 0 aromatic carbocycles. The molecule has 0 N–H and O–H groups in total. The van der Waals surface area contributed by atoms with Crippen LogP contribution in [0.25, 0.3) is 0 Å². The van der Waals surface area contributed by atoms with Crippen LogP contribution in [-0.4, -0.2) is 16.7 Å². The van der Waals surface area contributed by atoms with Gasteiger partial charge < -0.3 is 0 Å². The summed E-state index contributed by atoms with van der Waals surface area (Å²) in [6, 6.07) is -0.951.